The molecule has 2 atom stereocenters. The molecule has 2 amide bonds. The van der Waals surface area contributed by atoms with Crippen LogP contribution in [0, 0.1) is 0 Å². The number of Topliss-reactive ketones (excluding diaryl/α,β-unsaturated/α-hetero) is 1. The number of aliphatic hydroxyl groups is 1. The summed E-state index contributed by atoms with van der Waals surface area (Å²) in [5.74, 6) is -0.292. The van der Waals surface area contributed by atoms with Gasteiger partial charge in [-0.1, -0.05) is 6.92 Å². The summed E-state index contributed by atoms with van der Waals surface area (Å²) in [6.45, 7) is 8.84. The van der Waals surface area contributed by atoms with Crippen LogP contribution in [0.5, 0.6) is 0 Å². The van der Waals surface area contributed by atoms with Gasteiger partial charge in [-0.05, 0) is 33.7 Å². The number of rotatable bonds is 8. The molecule has 1 aliphatic rings. The van der Waals surface area contributed by atoms with Crippen LogP contribution in [0.15, 0.2) is 0 Å². The van der Waals surface area contributed by atoms with Gasteiger partial charge in [-0.25, -0.2) is 9.59 Å². The summed E-state index contributed by atoms with van der Waals surface area (Å²) in [7, 11) is 1.65. The maximum atomic E-state index is 13.1. The molecule has 0 unspecified atom stereocenters. The fourth-order valence-corrected chi connectivity index (χ4v) is 2.95. The van der Waals surface area contributed by atoms with Gasteiger partial charge in [0.25, 0.3) is 0 Å². The fourth-order valence-electron chi connectivity index (χ4n) is 2.95. The molecule has 0 aromatic heterocycles. The number of carbonyl (C=O) groups is 3. The molecule has 1 fully saturated rings. The normalized spacial score (nSPS) is 20.1. The number of aliphatic hydroxyl groups excluding tert-OH is 1. The molecule has 0 saturated carbocycles. The highest BCUT2D eigenvalue weighted by Gasteiger charge is 2.39. The standard InChI is InChI=1S/C18H32FN3O5/c1-6-21(9-7-8-20(5)17(26)27-18(2,3)4)12-15(24)14-10-13(23)11-22(14)16(19)25/h13-14,23H,6-12H2,1-5H3/t13-,14+/m1/s1. The first-order valence-corrected chi connectivity index (χ1v) is 9.28. The Morgan fingerprint density at radius 3 is 2.41 bits per heavy atom. The summed E-state index contributed by atoms with van der Waals surface area (Å²) in [6, 6.07) is -0.920. The Morgan fingerprint density at radius 2 is 1.89 bits per heavy atom. The Kier molecular flexibility index (Phi) is 8.61. The number of β-amino-alcohol motifs (C(OH)–C–C–N with tert-alkyl or cyclic N) is 1. The van der Waals surface area contributed by atoms with E-state index in [1.807, 2.05) is 11.8 Å². The molecule has 0 radical (unpaired) electrons. The number of likely N-dealkylation sites (N-methyl/N-ethyl adjacent to an activating group) is 1. The van der Waals surface area contributed by atoms with Crippen molar-refractivity contribution in [2.75, 3.05) is 39.8 Å². The van der Waals surface area contributed by atoms with Crippen molar-refractivity contribution in [2.45, 2.75) is 58.3 Å². The summed E-state index contributed by atoms with van der Waals surface area (Å²) in [4.78, 5) is 39.5. The molecule has 1 N–H and O–H groups in total. The molecule has 1 saturated heterocycles. The van der Waals surface area contributed by atoms with Crippen molar-refractivity contribution in [2.24, 2.45) is 0 Å². The predicted octanol–water partition coefficient (Wildman–Crippen LogP) is 1.66. The Morgan fingerprint density at radius 1 is 1.26 bits per heavy atom. The summed E-state index contributed by atoms with van der Waals surface area (Å²) in [5, 5.41) is 9.62. The molecular formula is C18H32FN3O5. The van der Waals surface area contributed by atoms with E-state index in [-0.39, 0.29) is 25.3 Å². The molecule has 0 aliphatic carbocycles. The molecule has 8 nitrogen and oxygen atoms in total. The fraction of sp³-hybridized carbons (Fsp3) is 0.833. The van der Waals surface area contributed by atoms with Crippen molar-refractivity contribution in [1.82, 2.24) is 14.7 Å². The molecule has 9 heteroatoms. The van der Waals surface area contributed by atoms with Gasteiger partial charge in [0.2, 0.25) is 0 Å². The van der Waals surface area contributed by atoms with Gasteiger partial charge in [0.1, 0.15) is 5.60 Å². The van der Waals surface area contributed by atoms with Gasteiger partial charge in [0, 0.05) is 33.1 Å². The Bertz CT molecular complexity index is 538. The van der Waals surface area contributed by atoms with Gasteiger partial charge in [0.05, 0.1) is 18.7 Å². The van der Waals surface area contributed by atoms with Crippen LogP contribution in [-0.4, -0.2) is 95.4 Å². The van der Waals surface area contributed by atoms with E-state index < -0.39 is 30.0 Å². The van der Waals surface area contributed by atoms with Gasteiger partial charge in [-0.15, -0.1) is 4.39 Å². The number of carbonyl (C=O) groups excluding carboxylic acids is 3. The molecule has 1 heterocycles. The number of nitrogens with zero attached hydrogens (tertiary/aromatic N) is 3. The SMILES string of the molecule is CCN(CCCN(C)C(=O)OC(C)(C)C)CC(=O)[C@@H]1C[C@@H](O)CN1C(=O)F. The van der Waals surface area contributed by atoms with Gasteiger partial charge in [-0.2, -0.15) is 0 Å². The zero-order chi connectivity index (χ0) is 20.8. The van der Waals surface area contributed by atoms with Crippen LogP contribution in [0.3, 0.4) is 0 Å². The van der Waals surface area contributed by atoms with E-state index >= 15 is 0 Å². The van der Waals surface area contributed by atoms with Gasteiger partial charge < -0.3 is 19.6 Å². The first-order chi connectivity index (χ1) is 12.4. The quantitative estimate of drug-likeness (QED) is 0.502. The van der Waals surface area contributed by atoms with E-state index in [0.717, 1.165) is 4.90 Å². The lowest BCUT2D eigenvalue weighted by molar-refractivity contribution is -0.124. The Balaban J connectivity index is 2.47. The number of hydrogen-bond acceptors (Lipinski definition) is 6. The first-order valence-electron chi connectivity index (χ1n) is 9.28. The van der Waals surface area contributed by atoms with Crippen LogP contribution < -0.4 is 0 Å². The van der Waals surface area contributed by atoms with Crippen molar-refractivity contribution in [3.05, 3.63) is 0 Å². The lowest BCUT2D eigenvalue weighted by atomic mass is 10.1. The highest BCUT2D eigenvalue weighted by atomic mass is 19.1. The summed E-state index contributed by atoms with van der Waals surface area (Å²) in [5.41, 5.74) is -0.557. The third kappa shape index (κ3) is 7.80. The van der Waals surface area contributed by atoms with Crippen LogP contribution in [0.4, 0.5) is 14.0 Å². The maximum absolute atomic E-state index is 13.1. The minimum Gasteiger partial charge on any atom is -0.444 e. The summed E-state index contributed by atoms with van der Waals surface area (Å²) < 4.78 is 18.3. The number of ketones is 1. The van der Waals surface area contributed by atoms with Gasteiger partial charge in [0.15, 0.2) is 5.78 Å². The maximum Gasteiger partial charge on any atom is 0.410 e. The molecule has 1 rings (SSSR count). The van der Waals surface area contributed by atoms with Crippen LogP contribution in [-0.2, 0) is 9.53 Å². The Hall–Kier alpha value is -1.74. The van der Waals surface area contributed by atoms with E-state index in [1.54, 1.807) is 27.8 Å². The number of hydrogen-bond donors (Lipinski definition) is 1. The van der Waals surface area contributed by atoms with Crippen molar-refractivity contribution >= 4 is 18.0 Å². The Labute approximate surface area is 160 Å². The third-order valence-corrected chi connectivity index (χ3v) is 4.38. The number of halogens is 1. The predicted molar refractivity (Wildman–Crippen MR) is 98.2 cm³/mol. The zero-order valence-corrected chi connectivity index (χ0v) is 16.9. The van der Waals surface area contributed by atoms with Crippen LogP contribution >= 0.6 is 0 Å². The van der Waals surface area contributed by atoms with Crippen molar-refractivity contribution in [1.29, 1.82) is 0 Å². The van der Waals surface area contributed by atoms with Crippen molar-refractivity contribution in [3.8, 4) is 0 Å². The van der Waals surface area contributed by atoms with E-state index in [4.69, 9.17) is 4.74 Å². The van der Waals surface area contributed by atoms with Crippen LogP contribution in [0.2, 0.25) is 0 Å². The first kappa shape index (κ1) is 23.3. The third-order valence-electron chi connectivity index (χ3n) is 4.38. The average Bonchev–Trinajstić information content (AvgIpc) is 2.94. The minimum atomic E-state index is -1.69. The molecule has 27 heavy (non-hydrogen) atoms. The molecule has 156 valence electrons. The average molecular weight is 389 g/mol. The number of amides is 2. The molecule has 0 aromatic rings. The smallest absolute Gasteiger partial charge is 0.410 e. The number of ether oxygens (including phenoxy) is 1. The highest BCUT2D eigenvalue weighted by Crippen LogP contribution is 2.20. The molecule has 1 aliphatic heterocycles. The molecular weight excluding hydrogens is 357 g/mol. The topological polar surface area (TPSA) is 90.4 Å². The molecule has 0 bridgehead atoms. The summed E-state index contributed by atoms with van der Waals surface area (Å²) in [6.07, 6.45) is -2.27. The van der Waals surface area contributed by atoms with Crippen LogP contribution in [0.25, 0.3) is 0 Å². The summed E-state index contributed by atoms with van der Waals surface area (Å²) >= 11 is 0. The lowest BCUT2D eigenvalue weighted by Crippen LogP contribution is -2.44. The van der Waals surface area contributed by atoms with Gasteiger partial charge >= 0.3 is 12.3 Å². The lowest BCUT2D eigenvalue weighted by Gasteiger charge is -2.26. The second-order valence-corrected chi connectivity index (χ2v) is 7.90. The monoisotopic (exact) mass is 389 g/mol. The van der Waals surface area contributed by atoms with Gasteiger partial charge in [-0.3, -0.25) is 9.69 Å². The molecule has 0 spiro atoms. The second kappa shape index (κ2) is 9.98. The van der Waals surface area contributed by atoms with E-state index in [0.29, 0.717) is 26.1 Å². The second-order valence-electron chi connectivity index (χ2n) is 7.90. The van der Waals surface area contributed by atoms with Crippen molar-refractivity contribution < 1.29 is 28.6 Å². The van der Waals surface area contributed by atoms with Crippen molar-refractivity contribution in [3.63, 3.8) is 0 Å². The molecule has 0 aromatic carbocycles. The zero-order valence-electron chi connectivity index (χ0n) is 16.9. The minimum absolute atomic E-state index is 0.0629. The largest absolute Gasteiger partial charge is 0.444 e. The highest BCUT2D eigenvalue weighted by molar-refractivity contribution is 5.89. The number of likely N-dealkylation sites (tertiary alicyclic amines) is 1. The van der Waals surface area contributed by atoms with E-state index in [2.05, 4.69) is 0 Å². The van der Waals surface area contributed by atoms with E-state index in [9.17, 15) is 23.9 Å². The van der Waals surface area contributed by atoms with E-state index in [1.165, 1.54) is 4.90 Å². The van der Waals surface area contributed by atoms with Crippen LogP contribution in [0.1, 0.15) is 40.5 Å².